The number of aromatic nitrogens is 1. The Kier molecular flexibility index (Phi) is 7.66. The second kappa shape index (κ2) is 10.9. The molecule has 0 unspecified atom stereocenters. The Morgan fingerprint density at radius 3 is 2.18 bits per heavy atom. The number of carbonyl (C=O) groups is 2. The van der Waals surface area contributed by atoms with Crippen molar-refractivity contribution in [1.82, 2.24) is 19.3 Å². The van der Waals surface area contributed by atoms with Crippen LogP contribution in [0.3, 0.4) is 0 Å². The maximum absolute atomic E-state index is 13.0. The first-order valence-corrected chi connectivity index (χ1v) is 12.1. The SMILES string of the molecule is Cc1c(C#N)c(NC(=O)CN2CCN(CC(=O)N3CCCC3)CC2)n(Cc2ccccc2)c1C. The largest absolute Gasteiger partial charge is 0.342 e. The predicted molar refractivity (Wildman–Crippen MR) is 131 cm³/mol. The fraction of sp³-hybridized carbons (Fsp3) is 0.500. The smallest absolute Gasteiger partial charge is 0.239 e. The van der Waals surface area contributed by atoms with Crippen LogP contribution < -0.4 is 5.32 Å². The van der Waals surface area contributed by atoms with Crippen molar-refractivity contribution in [1.29, 1.82) is 5.26 Å². The minimum Gasteiger partial charge on any atom is -0.342 e. The lowest BCUT2D eigenvalue weighted by atomic mass is 10.2. The van der Waals surface area contributed by atoms with Crippen LogP contribution in [0.15, 0.2) is 30.3 Å². The van der Waals surface area contributed by atoms with Crippen LogP contribution in [-0.4, -0.2) is 83.4 Å². The second-order valence-electron chi connectivity index (χ2n) is 9.31. The number of amides is 2. The highest BCUT2D eigenvalue weighted by molar-refractivity contribution is 5.93. The summed E-state index contributed by atoms with van der Waals surface area (Å²) in [5, 5.41) is 12.8. The normalized spacial score (nSPS) is 17.0. The zero-order valence-corrected chi connectivity index (χ0v) is 20.2. The van der Waals surface area contributed by atoms with E-state index in [0.29, 0.717) is 24.5 Å². The van der Waals surface area contributed by atoms with Gasteiger partial charge in [-0.3, -0.25) is 19.4 Å². The van der Waals surface area contributed by atoms with E-state index in [4.69, 9.17) is 0 Å². The van der Waals surface area contributed by atoms with Gasteiger partial charge in [-0.1, -0.05) is 30.3 Å². The number of benzene rings is 1. The molecule has 0 spiro atoms. The Hall–Kier alpha value is -3.15. The van der Waals surface area contributed by atoms with Crippen molar-refractivity contribution in [2.45, 2.75) is 33.2 Å². The summed E-state index contributed by atoms with van der Waals surface area (Å²) in [5.41, 5.74) is 3.50. The highest BCUT2D eigenvalue weighted by Crippen LogP contribution is 2.27. The fourth-order valence-electron chi connectivity index (χ4n) is 4.83. The molecule has 0 aliphatic carbocycles. The van der Waals surface area contributed by atoms with E-state index in [1.807, 2.05) is 53.6 Å². The molecule has 8 heteroatoms. The Balaban J connectivity index is 1.34. The van der Waals surface area contributed by atoms with E-state index in [2.05, 4.69) is 21.2 Å². The zero-order chi connectivity index (χ0) is 24.1. The van der Waals surface area contributed by atoms with Gasteiger partial charge in [-0.15, -0.1) is 0 Å². The van der Waals surface area contributed by atoms with E-state index in [-0.39, 0.29) is 18.4 Å². The molecule has 1 aromatic heterocycles. The predicted octanol–water partition coefficient (Wildman–Crippen LogP) is 2.20. The topological polar surface area (TPSA) is 84.6 Å². The number of piperazine rings is 1. The maximum Gasteiger partial charge on any atom is 0.239 e. The number of hydrogen-bond donors (Lipinski definition) is 1. The van der Waals surface area contributed by atoms with E-state index in [1.54, 1.807) is 0 Å². The number of anilines is 1. The molecule has 8 nitrogen and oxygen atoms in total. The first-order valence-electron chi connectivity index (χ1n) is 12.1. The minimum absolute atomic E-state index is 0.120. The van der Waals surface area contributed by atoms with E-state index in [1.165, 1.54) is 0 Å². The van der Waals surface area contributed by atoms with Gasteiger partial charge in [-0.2, -0.15) is 5.26 Å². The fourth-order valence-corrected chi connectivity index (χ4v) is 4.83. The van der Waals surface area contributed by atoms with Gasteiger partial charge in [0, 0.05) is 51.5 Å². The molecule has 4 rings (SSSR count). The van der Waals surface area contributed by atoms with Crippen LogP contribution in [0.25, 0.3) is 0 Å². The summed E-state index contributed by atoms with van der Waals surface area (Å²) in [6.07, 6.45) is 2.21. The Morgan fingerprint density at radius 2 is 1.56 bits per heavy atom. The summed E-state index contributed by atoms with van der Waals surface area (Å²) in [4.78, 5) is 31.6. The first-order chi connectivity index (χ1) is 16.5. The molecule has 2 aromatic rings. The molecule has 3 heterocycles. The molecule has 2 fully saturated rings. The van der Waals surface area contributed by atoms with Crippen molar-refractivity contribution in [2.24, 2.45) is 0 Å². The molecule has 2 saturated heterocycles. The molecule has 0 bridgehead atoms. The van der Waals surface area contributed by atoms with Gasteiger partial charge in [0.15, 0.2) is 0 Å². The Morgan fingerprint density at radius 1 is 0.941 bits per heavy atom. The lowest BCUT2D eigenvalue weighted by Crippen LogP contribution is -2.51. The molecule has 2 amide bonds. The number of nitrogens with one attached hydrogen (secondary N) is 1. The standard InChI is InChI=1S/C26H34N6O2/c1-20-21(2)32(17-22-8-4-3-5-9-22)26(23(20)16-27)28-24(33)18-29-12-14-30(15-13-29)19-25(34)31-10-6-7-11-31/h3-5,8-9H,6-7,10-15,17-19H2,1-2H3,(H,28,33). The van der Waals surface area contributed by atoms with E-state index in [0.717, 1.165) is 68.9 Å². The highest BCUT2D eigenvalue weighted by Gasteiger charge is 2.25. The van der Waals surface area contributed by atoms with E-state index < -0.39 is 0 Å². The third-order valence-electron chi connectivity index (χ3n) is 7.03. The number of rotatable bonds is 7. The monoisotopic (exact) mass is 462 g/mol. The van der Waals surface area contributed by atoms with Gasteiger partial charge in [0.1, 0.15) is 11.9 Å². The first kappa shape index (κ1) is 24.0. The maximum atomic E-state index is 13.0. The Labute approximate surface area is 201 Å². The lowest BCUT2D eigenvalue weighted by Gasteiger charge is -2.34. The van der Waals surface area contributed by atoms with Gasteiger partial charge >= 0.3 is 0 Å². The number of nitrogens with zero attached hydrogens (tertiary/aromatic N) is 5. The lowest BCUT2D eigenvalue weighted by molar-refractivity contribution is -0.132. The third-order valence-corrected chi connectivity index (χ3v) is 7.03. The number of carbonyl (C=O) groups excluding carboxylic acids is 2. The van der Waals surface area contributed by atoms with Crippen molar-refractivity contribution in [3.05, 3.63) is 52.7 Å². The summed E-state index contributed by atoms with van der Waals surface area (Å²) in [6.45, 7) is 10.1. The number of nitriles is 1. The third kappa shape index (κ3) is 5.49. The van der Waals surface area contributed by atoms with Gasteiger partial charge in [0.25, 0.3) is 0 Å². The molecule has 0 saturated carbocycles. The van der Waals surface area contributed by atoms with Crippen LogP contribution in [0.1, 0.15) is 35.2 Å². The molecule has 34 heavy (non-hydrogen) atoms. The summed E-state index contributed by atoms with van der Waals surface area (Å²) < 4.78 is 2.02. The zero-order valence-electron chi connectivity index (χ0n) is 20.2. The van der Waals surface area contributed by atoms with Crippen molar-refractivity contribution in [3.63, 3.8) is 0 Å². The summed E-state index contributed by atoms with van der Waals surface area (Å²) in [7, 11) is 0. The van der Waals surface area contributed by atoms with Crippen LogP contribution >= 0.6 is 0 Å². The van der Waals surface area contributed by atoms with E-state index >= 15 is 0 Å². The number of hydrogen-bond acceptors (Lipinski definition) is 5. The molecular weight excluding hydrogens is 428 g/mol. The highest BCUT2D eigenvalue weighted by atomic mass is 16.2. The molecule has 1 aromatic carbocycles. The summed E-state index contributed by atoms with van der Waals surface area (Å²) in [5.74, 6) is 0.670. The molecule has 1 N–H and O–H groups in total. The van der Waals surface area contributed by atoms with E-state index in [9.17, 15) is 14.9 Å². The molecule has 0 atom stereocenters. The summed E-state index contributed by atoms with van der Waals surface area (Å²) >= 11 is 0. The van der Waals surface area contributed by atoms with Gasteiger partial charge in [-0.05, 0) is 37.8 Å². The van der Waals surface area contributed by atoms with Crippen molar-refractivity contribution in [2.75, 3.05) is 57.7 Å². The van der Waals surface area contributed by atoms with Gasteiger partial charge < -0.3 is 14.8 Å². The summed E-state index contributed by atoms with van der Waals surface area (Å²) in [6, 6.07) is 12.3. The minimum atomic E-state index is -0.120. The van der Waals surface area contributed by atoms with Crippen LogP contribution in [0.4, 0.5) is 5.82 Å². The Bertz CT molecular complexity index is 1060. The van der Waals surface area contributed by atoms with Crippen LogP contribution in [0.5, 0.6) is 0 Å². The van der Waals surface area contributed by atoms with Crippen LogP contribution in [-0.2, 0) is 16.1 Å². The van der Waals surface area contributed by atoms with Crippen molar-refractivity contribution >= 4 is 17.6 Å². The second-order valence-corrected chi connectivity index (χ2v) is 9.31. The molecule has 180 valence electrons. The van der Waals surface area contributed by atoms with Gasteiger partial charge in [-0.25, -0.2) is 0 Å². The molecule has 2 aliphatic rings. The van der Waals surface area contributed by atoms with Crippen molar-refractivity contribution < 1.29 is 9.59 Å². The van der Waals surface area contributed by atoms with Gasteiger partial charge in [0.05, 0.1) is 18.7 Å². The van der Waals surface area contributed by atoms with Gasteiger partial charge in [0.2, 0.25) is 11.8 Å². The quantitative estimate of drug-likeness (QED) is 0.682. The molecule has 2 aliphatic heterocycles. The number of likely N-dealkylation sites (tertiary alicyclic amines) is 1. The van der Waals surface area contributed by atoms with Crippen molar-refractivity contribution in [3.8, 4) is 6.07 Å². The average Bonchev–Trinajstić information content (AvgIpc) is 3.45. The molecule has 0 radical (unpaired) electrons. The average molecular weight is 463 g/mol. The molecular formula is C26H34N6O2. The van der Waals surface area contributed by atoms with Crippen LogP contribution in [0, 0.1) is 25.2 Å². The van der Waals surface area contributed by atoms with Crippen LogP contribution in [0.2, 0.25) is 0 Å².